The van der Waals surface area contributed by atoms with Gasteiger partial charge in [-0.3, -0.25) is 0 Å². The Morgan fingerprint density at radius 3 is 1.87 bits per heavy atom. The van der Waals surface area contributed by atoms with Crippen LogP contribution in [0, 0.1) is 29.6 Å². The van der Waals surface area contributed by atoms with E-state index in [-0.39, 0.29) is 0 Å². The molecule has 1 nitrogen and oxygen atoms in total. The highest BCUT2D eigenvalue weighted by atomic mass is 14.9. The maximum atomic E-state index is 3.61. The van der Waals surface area contributed by atoms with Gasteiger partial charge in [0.15, 0.2) is 0 Å². The van der Waals surface area contributed by atoms with Crippen LogP contribution in [0.1, 0.15) is 46.5 Å². The first kappa shape index (κ1) is 11.4. The van der Waals surface area contributed by atoms with Crippen LogP contribution in [0.2, 0.25) is 0 Å². The van der Waals surface area contributed by atoms with Gasteiger partial charge in [-0.1, -0.05) is 20.8 Å². The summed E-state index contributed by atoms with van der Waals surface area (Å²) in [6, 6.07) is 0. The maximum Gasteiger partial charge on any atom is -0.00176 e. The minimum Gasteiger partial charge on any atom is -0.316 e. The normalized spacial score (nSPS) is 47.8. The molecule has 2 rings (SSSR count). The molecule has 2 fully saturated rings. The Morgan fingerprint density at radius 2 is 1.27 bits per heavy atom. The van der Waals surface area contributed by atoms with E-state index in [1.54, 1.807) is 0 Å². The van der Waals surface area contributed by atoms with Gasteiger partial charge in [0.05, 0.1) is 0 Å². The average Bonchev–Trinajstić information content (AvgIpc) is 2.16. The average molecular weight is 209 g/mol. The molecule has 1 saturated carbocycles. The van der Waals surface area contributed by atoms with E-state index in [1.807, 2.05) is 0 Å². The molecule has 0 aromatic heterocycles. The molecule has 2 aliphatic rings. The Balaban J connectivity index is 1.91. The second kappa shape index (κ2) is 4.86. The van der Waals surface area contributed by atoms with Crippen LogP contribution in [0.15, 0.2) is 0 Å². The molecule has 0 spiro atoms. The van der Waals surface area contributed by atoms with Gasteiger partial charge in [-0.25, -0.2) is 0 Å². The summed E-state index contributed by atoms with van der Waals surface area (Å²) in [5, 5.41) is 3.61. The second-order valence-corrected chi connectivity index (χ2v) is 6.44. The summed E-state index contributed by atoms with van der Waals surface area (Å²) >= 11 is 0. The molecule has 0 radical (unpaired) electrons. The summed E-state index contributed by atoms with van der Waals surface area (Å²) in [6.45, 7) is 9.82. The molecular weight excluding hydrogens is 182 g/mol. The lowest BCUT2D eigenvalue weighted by molar-refractivity contribution is 0.125. The summed E-state index contributed by atoms with van der Waals surface area (Å²) < 4.78 is 0. The standard InChI is InChI=1S/C14H27N/c1-10-4-11(2)6-13(5-10)14-7-12(3)8-15-9-14/h10-15H,4-9H2,1-3H3. The zero-order valence-electron chi connectivity index (χ0n) is 10.6. The highest BCUT2D eigenvalue weighted by Crippen LogP contribution is 2.39. The van der Waals surface area contributed by atoms with Crippen LogP contribution in [0.4, 0.5) is 0 Å². The molecule has 1 aliphatic carbocycles. The SMILES string of the molecule is CC1CNCC(C2CC(C)CC(C)C2)C1. The van der Waals surface area contributed by atoms with Crippen LogP contribution in [-0.4, -0.2) is 13.1 Å². The molecule has 0 aromatic rings. The van der Waals surface area contributed by atoms with E-state index in [4.69, 9.17) is 0 Å². The molecule has 4 atom stereocenters. The Bertz CT molecular complexity index is 192. The minimum atomic E-state index is 0.899. The topological polar surface area (TPSA) is 12.0 Å². The Hall–Kier alpha value is -0.0400. The van der Waals surface area contributed by atoms with Gasteiger partial charge in [-0.2, -0.15) is 0 Å². The van der Waals surface area contributed by atoms with Gasteiger partial charge in [-0.15, -0.1) is 0 Å². The van der Waals surface area contributed by atoms with Crippen molar-refractivity contribution in [3.8, 4) is 0 Å². The van der Waals surface area contributed by atoms with E-state index in [2.05, 4.69) is 26.1 Å². The first-order chi connectivity index (χ1) is 7.15. The van der Waals surface area contributed by atoms with Gasteiger partial charge >= 0.3 is 0 Å². The molecule has 4 unspecified atom stereocenters. The number of hydrogen-bond donors (Lipinski definition) is 1. The Kier molecular flexibility index (Phi) is 3.71. The van der Waals surface area contributed by atoms with Gasteiger partial charge in [-0.05, 0) is 68.4 Å². The van der Waals surface area contributed by atoms with Crippen molar-refractivity contribution < 1.29 is 0 Å². The van der Waals surface area contributed by atoms with Gasteiger partial charge in [0.2, 0.25) is 0 Å². The zero-order chi connectivity index (χ0) is 10.8. The minimum absolute atomic E-state index is 0.899. The van der Waals surface area contributed by atoms with E-state index in [0.29, 0.717) is 0 Å². The van der Waals surface area contributed by atoms with Crippen molar-refractivity contribution in [1.82, 2.24) is 5.32 Å². The fourth-order valence-electron chi connectivity index (χ4n) is 3.95. The third-order valence-corrected chi connectivity index (χ3v) is 4.49. The summed E-state index contributed by atoms with van der Waals surface area (Å²) in [6.07, 6.45) is 5.91. The summed E-state index contributed by atoms with van der Waals surface area (Å²) in [5.74, 6) is 4.82. The van der Waals surface area contributed by atoms with Crippen molar-refractivity contribution >= 4 is 0 Å². The summed E-state index contributed by atoms with van der Waals surface area (Å²) in [5.41, 5.74) is 0. The Labute approximate surface area is 95.0 Å². The predicted octanol–water partition coefficient (Wildman–Crippen LogP) is 3.30. The number of rotatable bonds is 1. The zero-order valence-corrected chi connectivity index (χ0v) is 10.6. The number of hydrogen-bond acceptors (Lipinski definition) is 1. The monoisotopic (exact) mass is 209 g/mol. The smallest absolute Gasteiger partial charge is 0.00176 e. The Morgan fingerprint density at radius 1 is 0.667 bits per heavy atom. The fraction of sp³-hybridized carbons (Fsp3) is 1.00. The molecule has 1 N–H and O–H groups in total. The molecule has 0 aromatic carbocycles. The van der Waals surface area contributed by atoms with Crippen molar-refractivity contribution in [2.75, 3.05) is 13.1 Å². The van der Waals surface area contributed by atoms with Crippen LogP contribution >= 0.6 is 0 Å². The van der Waals surface area contributed by atoms with Crippen LogP contribution < -0.4 is 5.32 Å². The number of nitrogens with one attached hydrogen (secondary N) is 1. The van der Waals surface area contributed by atoms with Crippen molar-refractivity contribution in [3.05, 3.63) is 0 Å². The summed E-state index contributed by atoms with van der Waals surface area (Å²) in [4.78, 5) is 0. The number of piperidine rings is 1. The second-order valence-electron chi connectivity index (χ2n) is 6.44. The van der Waals surface area contributed by atoms with Crippen molar-refractivity contribution in [1.29, 1.82) is 0 Å². The molecular formula is C14H27N. The van der Waals surface area contributed by atoms with Crippen LogP contribution in [-0.2, 0) is 0 Å². The molecule has 1 aliphatic heterocycles. The van der Waals surface area contributed by atoms with Crippen LogP contribution in [0.5, 0.6) is 0 Å². The molecule has 0 bridgehead atoms. The predicted molar refractivity (Wildman–Crippen MR) is 65.8 cm³/mol. The van der Waals surface area contributed by atoms with E-state index in [1.165, 1.54) is 38.8 Å². The van der Waals surface area contributed by atoms with E-state index >= 15 is 0 Å². The third-order valence-electron chi connectivity index (χ3n) is 4.49. The van der Waals surface area contributed by atoms with Gasteiger partial charge in [0.25, 0.3) is 0 Å². The first-order valence-corrected chi connectivity index (χ1v) is 6.85. The van der Waals surface area contributed by atoms with Crippen molar-refractivity contribution in [2.24, 2.45) is 29.6 Å². The quantitative estimate of drug-likeness (QED) is 0.698. The lowest BCUT2D eigenvalue weighted by Crippen LogP contribution is -2.40. The third kappa shape index (κ3) is 2.96. The molecule has 15 heavy (non-hydrogen) atoms. The highest BCUT2D eigenvalue weighted by Gasteiger charge is 2.31. The molecule has 1 saturated heterocycles. The van der Waals surface area contributed by atoms with Gasteiger partial charge in [0.1, 0.15) is 0 Å². The first-order valence-electron chi connectivity index (χ1n) is 6.85. The molecule has 0 amide bonds. The largest absolute Gasteiger partial charge is 0.316 e. The van der Waals surface area contributed by atoms with Crippen molar-refractivity contribution in [3.63, 3.8) is 0 Å². The maximum absolute atomic E-state index is 3.61. The lowest BCUT2D eigenvalue weighted by Gasteiger charge is -2.40. The van der Waals surface area contributed by atoms with Crippen LogP contribution in [0.3, 0.4) is 0 Å². The van der Waals surface area contributed by atoms with Crippen molar-refractivity contribution in [2.45, 2.75) is 46.5 Å². The molecule has 1 heteroatoms. The van der Waals surface area contributed by atoms with Crippen LogP contribution in [0.25, 0.3) is 0 Å². The lowest BCUT2D eigenvalue weighted by atomic mass is 9.69. The van der Waals surface area contributed by atoms with E-state index in [0.717, 1.165) is 29.6 Å². The molecule has 1 heterocycles. The van der Waals surface area contributed by atoms with Gasteiger partial charge in [0, 0.05) is 0 Å². The fourth-order valence-corrected chi connectivity index (χ4v) is 3.95. The molecule has 88 valence electrons. The highest BCUT2D eigenvalue weighted by molar-refractivity contribution is 4.84. The van der Waals surface area contributed by atoms with E-state index < -0.39 is 0 Å². The van der Waals surface area contributed by atoms with Gasteiger partial charge < -0.3 is 5.32 Å². The van der Waals surface area contributed by atoms with E-state index in [9.17, 15) is 0 Å². The summed E-state index contributed by atoms with van der Waals surface area (Å²) in [7, 11) is 0.